The highest BCUT2D eigenvalue weighted by atomic mass is 32.2. The Morgan fingerprint density at radius 2 is 1.36 bits per heavy atom. The molecule has 0 aliphatic carbocycles. The highest BCUT2D eigenvalue weighted by Gasteiger charge is 2.08. The highest BCUT2D eigenvalue weighted by Crippen LogP contribution is 2.35. The molecule has 4 aromatic carbocycles. The van der Waals surface area contributed by atoms with Gasteiger partial charge in [-0.2, -0.15) is 5.26 Å². The molecule has 0 atom stereocenters. The van der Waals surface area contributed by atoms with Gasteiger partial charge in [0, 0.05) is 10.6 Å². The van der Waals surface area contributed by atoms with Crippen molar-refractivity contribution in [2.75, 3.05) is 5.75 Å². The summed E-state index contributed by atoms with van der Waals surface area (Å²) in [4.78, 5) is 1.36. The van der Waals surface area contributed by atoms with Gasteiger partial charge in [0.25, 0.3) is 0 Å². The fourth-order valence-electron chi connectivity index (χ4n) is 3.14. The van der Waals surface area contributed by atoms with Gasteiger partial charge in [0.05, 0.1) is 11.6 Å². The van der Waals surface area contributed by atoms with Crippen LogP contribution >= 0.6 is 11.8 Å². The van der Waals surface area contributed by atoms with Gasteiger partial charge in [0.15, 0.2) is 0 Å². The molecule has 0 saturated carbocycles. The summed E-state index contributed by atoms with van der Waals surface area (Å²) >= 11 is 1.92. The molecule has 0 aliphatic rings. The van der Waals surface area contributed by atoms with Crippen LogP contribution in [0, 0.1) is 11.3 Å². The number of hydrogen-bond donors (Lipinski definition) is 0. The van der Waals surface area contributed by atoms with E-state index in [0.717, 1.165) is 17.7 Å². The maximum atomic E-state index is 8.90. The van der Waals surface area contributed by atoms with E-state index in [1.807, 2.05) is 23.9 Å². The number of thioether (sulfide) groups is 1. The van der Waals surface area contributed by atoms with E-state index in [4.69, 9.17) is 5.26 Å². The van der Waals surface area contributed by atoms with Crippen LogP contribution in [0.2, 0.25) is 0 Å². The molecule has 0 aliphatic heterocycles. The molecular weight excluding hydrogens is 322 g/mol. The fraction of sp³-hybridized carbons (Fsp3) is 0.0870. The molecule has 0 amide bonds. The summed E-state index contributed by atoms with van der Waals surface area (Å²) in [5, 5.41) is 14.1. The van der Waals surface area contributed by atoms with Gasteiger partial charge < -0.3 is 0 Å². The molecule has 0 saturated heterocycles. The van der Waals surface area contributed by atoms with Gasteiger partial charge in [0.2, 0.25) is 0 Å². The number of fused-ring (bicyclic) bond motifs is 2. The van der Waals surface area contributed by atoms with Crippen molar-refractivity contribution in [2.45, 2.75) is 11.3 Å². The lowest BCUT2D eigenvalue weighted by atomic mass is 10.0. The summed E-state index contributed by atoms with van der Waals surface area (Å²) in [5.74, 6) is 1.02. The van der Waals surface area contributed by atoms with Crippen molar-refractivity contribution >= 4 is 33.3 Å². The van der Waals surface area contributed by atoms with Crippen LogP contribution in [0.5, 0.6) is 0 Å². The van der Waals surface area contributed by atoms with Crippen LogP contribution in [0.3, 0.4) is 0 Å². The van der Waals surface area contributed by atoms with Crippen LogP contribution in [-0.4, -0.2) is 5.75 Å². The Morgan fingerprint density at radius 3 is 1.96 bits per heavy atom. The lowest BCUT2D eigenvalue weighted by Gasteiger charge is -2.11. The van der Waals surface area contributed by atoms with Crippen LogP contribution in [0.25, 0.3) is 21.5 Å². The molecule has 0 heterocycles. The maximum Gasteiger partial charge on any atom is 0.0991 e. The van der Waals surface area contributed by atoms with Crippen LogP contribution < -0.4 is 0 Å². The number of nitrogens with zero attached hydrogens (tertiary/aromatic N) is 1. The monoisotopic (exact) mass is 339 g/mol. The minimum absolute atomic E-state index is 0.719. The number of nitriles is 1. The molecule has 0 spiro atoms. The quantitative estimate of drug-likeness (QED) is 0.326. The van der Waals surface area contributed by atoms with E-state index in [2.05, 4.69) is 72.8 Å². The molecule has 0 aromatic heterocycles. The van der Waals surface area contributed by atoms with Crippen molar-refractivity contribution in [3.8, 4) is 6.07 Å². The summed E-state index contributed by atoms with van der Waals surface area (Å²) in [6.45, 7) is 0. The van der Waals surface area contributed by atoms with E-state index in [-0.39, 0.29) is 0 Å². The summed E-state index contributed by atoms with van der Waals surface area (Å²) in [6.07, 6.45) is 0.994. The summed E-state index contributed by atoms with van der Waals surface area (Å²) in [6, 6.07) is 29.6. The Hall–Kier alpha value is -2.76. The van der Waals surface area contributed by atoms with Gasteiger partial charge >= 0.3 is 0 Å². The van der Waals surface area contributed by atoms with Gasteiger partial charge in [-0.05, 0) is 51.7 Å². The maximum absolute atomic E-state index is 8.90. The molecule has 4 rings (SSSR count). The molecule has 25 heavy (non-hydrogen) atoms. The first kappa shape index (κ1) is 15.7. The summed E-state index contributed by atoms with van der Waals surface area (Å²) in [5.41, 5.74) is 1.99. The molecule has 120 valence electrons. The first-order valence-corrected chi connectivity index (χ1v) is 9.36. The minimum atomic E-state index is 0.719. The zero-order chi connectivity index (χ0) is 17.1. The predicted octanol–water partition coefficient (Wildman–Crippen LogP) is 6.20. The first-order valence-electron chi connectivity index (χ1n) is 8.37. The van der Waals surface area contributed by atoms with Crippen molar-refractivity contribution < 1.29 is 0 Å². The molecule has 0 radical (unpaired) electrons. The van der Waals surface area contributed by atoms with Crippen molar-refractivity contribution in [1.29, 1.82) is 5.26 Å². The predicted molar refractivity (Wildman–Crippen MR) is 107 cm³/mol. The second-order valence-corrected chi connectivity index (χ2v) is 7.16. The Kier molecular flexibility index (Phi) is 4.41. The lowest BCUT2D eigenvalue weighted by Crippen LogP contribution is -1.90. The van der Waals surface area contributed by atoms with Crippen LogP contribution in [0.1, 0.15) is 11.1 Å². The van der Waals surface area contributed by atoms with Gasteiger partial charge in [0.1, 0.15) is 0 Å². The van der Waals surface area contributed by atoms with E-state index in [0.29, 0.717) is 0 Å². The van der Waals surface area contributed by atoms with E-state index in [1.54, 1.807) is 0 Å². The van der Waals surface area contributed by atoms with E-state index in [9.17, 15) is 0 Å². The van der Waals surface area contributed by atoms with Crippen LogP contribution in [-0.2, 0) is 6.42 Å². The third-order valence-corrected chi connectivity index (χ3v) is 5.58. The van der Waals surface area contributed by atoms with Gasteiger partial charge in [-0.15, -0.1) is 11.8 Å². The second-order valence-electron chi connectivity index (χ2n) is 6.06. The highest BCUT2D eigenvalue weighted by molar-refractivity contribution is 7.99. The van der Waals surface area contributed by atoms with Gasteiger partial charge in [-0.3, -0.25) is 0 Å². The zero-order valence-electron chi connectivity index (χ0n) is 13.8. The Morgan fingerprint density at radius 1 is 0.760 bits per heavy atom. The topological polar surface area (TPSA) is 23.8 Å². The SMILES string of the molecule is N#Cc1ccc(CCSc2c3ccccc3cc3ccccc23)cc1. The average molecular weight is 339 g/mol. The number of benzene rings is 4. The lowest BCUT2D eigenvalue weighted by molar-refractivity contribution is 1.15. The molecule has 4 aromatic rings. The Labute approximate surface area is 151 Å². The molecule has 0 unspecified atom stereocenters. The smallest absolute Gasteiger partial charge is 0.0991 e. The van der Waals surface area contributed by atoms with Gasteiger partial charge in [-0.25, -0.2) is 0 Å². The molecule has 0 bridgehead atoms. The van der Waals surface area contributed by atoms with E-state index >= 15 is 0 Å². The molecule has 2 heteroatoms. The van der Waals surface area contributed by atoms with Crippen LogP contribution in [0.15, 0.2) is 83.8 Å². The standard InChI is InChI=1S/C23H17NS/c24-16-18-11-9-17(10-12-18)13-14-25-23-21-7-3-1-5-19(21)15-20-6-2-4-8-22(20)23/h1-12,15H,13-14H2. The Balaban J connectivity index is 1.64. The van der Waals surface area contributed by atoms with Crippen molar-refractivity contribution in [1.82, 2.24) is 0 Å². The molecular formula is C23H17NS. The third-order valence-electron chi connectivity index (χ3n) is 4.44. The van der Waals surface area contributed by atoms with E-state index < -0.39 is 0 Å². The number of rotatable bonds is 4. The van der Waals surface area contributed by atoms with Crippen LogP contribution in [0.4, 0.5) is 0 Å². The van der Waals surface area contributed by atoms with Gasteiger partial charge in [-0.1, -0.05) is 60.7 Å². The molecule has 1 nitrogen and oxygen atoms in total. The van der Waals surface area contributed by atoms with Crippen molar-refractivity contribution in [3.63, 3.8) is 0 Å². The largest absolute Gasteiger partial charge is 0.192 e. The van der Waals surface area contributed by atoms with Crippen molar-refractivity contribution in [2.24, 2.45) is 0 Å². The average Bonchev–Trinajstić information content (AvgIpc) is 2.68. The van der Waals surface area contributed by atoms with Crippen molar-refractivity contribution in [3.05, 3.63) is 90.0 Å². The first-order chi connectivity index (χ1) is 12.3. The normalized spacial score (nSPS) is 10.8. The minimum Gasteiger partial charge on any atom is -0.192 e. The molecule has 0 N–H and O–H groups in total. The zero-order valence-corrected chi connectivity index (χ0v) is 14.6. The number of hydrogen-bond acceptors (Lipinski definition) is 2. The fourth-order valence-corrected chi connectivity index (χ4v) is 4.37. The third kappa shape index (κ3) is 3.24. The summed E-state index contributed by atoms with van der Waals surface area (Å²) < 4.78 is 0. The summed E-state index contributed by atoms with van der Waals surface area (Å²) in [7, 11) is 0. The second kappa shape index (κ2) is 7.01. The Bertz CT molecular complexity index is 1020. The van der Waals surface area contributed by atoms with E-state index in [1.165, 1.54) is 32.0 Å². The molecule has 0 fully saturated rings. The number of aryl methyl sites for hydroxylation is 1.